The third kappa shape index (κ3) is 3.34. The summed E-state index contributed by atoms with van der Waals surface area (Å²) in [6, 6.07) is 5.86. The smallest absolute Gasteiger partial charge is 0.258 e. The molecule has 0 bridgehead atoms. The molecule has 2 heterocycles. The monoisotopic (exact) mass is 330 g/mol. The van der Waals surface area contributed by atoms with Gasteiger partial charge in [-0.1, -0.05) is 18.3 Å². The van der Waals surface area contributed by atoms with Crippen LogP contribution in [-0.2, 0) is 6.42 Å². The van der Waals surface area contributed by atoms with E-state index in [4.69, 9.17) is 0 Å². The number of carbonyl (C=O) groups excluding carboxylic acids is 1. The zero-order chi connectivity index (χ0) is 16.4. The maximum Gasteiger partial charge on any atom is 0.258 e. The highest BCUT2D eigenvalue weighted by Crippen LogP contribution is 2.22. The lowest BCUT2D eigenvalue weighted by atomic mass is 10.1. The van der Waals surface area contributed by atoms with E-state index in [1.165, 1.54) is 23.5 Å². The van der Waals surface area contributed by atoms with Crippen LogP contribution in [0.3, 0.4) is 0 Å². The van der Waals surface area contributed by atoms with Crippen molar-refractivity contribution in [1.82, 2.24) is 15.2 Å². The molecular formula is C16H15FN4OS. The van der Waals surface area contributed by atoms with Gasteiger partial charge in [0.25, 0.3) is 5.91 Å². The van der Waals surface area contributed by atoms with Crippen molar-refractivity contribution in [3.05, 3.63) is 46.3 Å². The first-order valence-electron chi connectivity index (χ1n) is 7.27. The highest BCUT2D eigenvalue weighted by molar-refractivity contribution is 7.15. The number of fused-ring (bicyclic) bond motifs is 1. The van der Waals surface area contributed by atoms with Crippen molar-refractivity contribution < 1.29 is 9.18 Å². The van der Waals surface area contributed by atoms with E-state index < -0.39 is 5.82 Å². The lowest BCUT2D eigenvalue weighted by Crippen LogP contribution is -2.13. The zero-order valence-electron chi connectivity index (χ0n) is 12.8. The SMILES string of the molecule is CCCc1nnc(NC(=O)c2cc(C)nc3ccc(F)cc23)s1. The molecule has 0 aliphatic carbocycles. The fourth-order valence-electron chi connectivity index (χ4n) is 2.30. The van der Waals surface area contributed by atoms with Gasteiger partial charge in [-0.15, -0.1) is 10.2 Å². The first kappa shape index (κ1) is 15.5. The Balaban J connectivity index is 1.94. The molecule has 1 N–H and O–H groups in total. The zero-order valence-corrected chi connectivity index (χ0v) is 13.6. The summed E-state index contributed by atoms with van der Waals surface area (Å²) in [6.07, 6.45) is 1.80. The number of pyridine rings is 1. The molecular weight excluding hydrogens is 315 g/mol. The van der Waals surface area contributed by atoms with Gasteiger partial charge in [-0.3, -0.25) is 15.1 Å². The van der Waals surface area contributed by atoms with Gasteiger partial charge < -0.3 is 0 Å². The number of hydrogen-bond donors (Lipinski definition) is 1. The molecule has 0 unspecified atom stereocenters. The van der Waals surface area contributed by atoms with E-state index in [1.807, 2.05) is 0 Å². The number of rotatable bonds is 4. The number of anilines is 1. The minimum atomic E-state index is -0.404. The van der Waals surface area contributed by atoms with Crippen LogP contribution >= 0.6 is 11.3 Å². The summed E-state index contributed by atoms with van der Waals surface area (Å²) in [6.45, 7) is 3.85. The average Bonchev–Trinajstić information content (AvgIpc) is 2.94. The van der Waals surface area contributed by atoms with E-state index in [2.05, 4.69) is 27.4 Å². The Kier molecular flexibility index (Phi) is 4.29. The van der Waals surface area contributed by atoms with Crippen molar-refractivity contribution in [2.75, 3.05) is 5.32 Å². The van der Waals surface area contributed by atoms with E-state index in [1.54, 1.807) is 19.1 Å². The summed E-state index contributed by atoms with van der Waals surface area (Å²) in [5, 5.41) is 12.5. The molecule has 2 aromatic heterocycles. The fraction of sp³-hybridized carbons (Fsp3) is 0.250. The van der Waals surface area contributed by atoms with E-state index in [0.29, 0.717) is 27.3 Å². The Labute approximate surface area is 136 Å². The van der Waals surface area contributed by atoms with Crippen LogP contribution in [0.15, 0.2) is 24.3 Å². The summed E-state index contributed by atoms with van der Waals surface area (Å²) < 4.78 is 13.5. The molecule has 3 rings (SSSR count). The van der Waals surface area contributed by atoms with Crippen molar-refractivity contribution in [2.24, 2.45) is 0 Å². The third-order valence-electron chi connectivity index (χ3n) is 3.29. The molecule has 1 aromatic carbocycles. The average molecular weight is 330 g/mol. The van der Waals surface area contributed by atoms with Gasteiger partial charge in [-0.25, -0.2) is 4.39 Å². The second-order valence-corrected chi connectivity index (χ2v) is 6.24. The Morgan fingerprint density at radius 3 is 2.91 bits per heavy atom. The predicted octanol–water partition coefficient (Wildman–Crippen LogP) is 3.74. The van der Waals surface area contributed by atoms with Crippen molar-refractivity contribution in [3.8, 4) is 0 Å². The van der Waals surface area contributed by atoms with Crippen LogP contribution in [0.25, 0.3) is 10.9 Å². The molecule has 0 radical (unpaired) electrons. The van der Waals surface area contributed by atoms with Crippen LogP contribution in [-0.4, -0.2) is 21.1 Å². The van der Waals surface area contributed by atoms with Gasteiger partial charge in [0, 0.05) is 17.5 Å². The molecule has 3 aromatic rings. The molecule has 5 nitrogen and oxygen atoms in total. The summed E-state index contributed by atoms with van der Waals surface area (Å²) in [5.74, 6) is -0.747. The number of hydrogen-bond acceptors (Lipinski definition) is 5. The highest BCUT2D eigenvalue weighted by atomic mass is 32.1. The maximum atomic E-state index is 13.5. The molecule has 1 amide bonds. The molecule has 0 spiro atoms. The third-order valence-corrected chi connectivity index (χ3v) is 4.19. The number of halogens is 1. The normalized spacial score (nSPS) is 10.9. The summed E-state index contributed by atoms with van der Waals surface area (Å²) in [7, 11) is 0. The largest absolute Gasteiger partial charge is 0.296 e. The highest BCUT2D eigenvalue weighted by Gasteiger charge is 2.15. The first-order chi connectivity index (χ1) is 11.1. The quantitative estimate of drug-likeness (QED) is 0.791. The number of carbonyl (C=O) groups is 1. The lowest BCUT2D eigenvalue weighted by molar-refractivity contribution is 0.102. The number of nitrogens with zero attached hydrogens (tertiary/aromatic N) is 3. The molecule has 0 fully saturated rings. The van der Waals surface area contributed by atoms with Gasteiger partial charge in [0.15, 0.2) is 0 Å². The van der Waals surface area contributed by atoms with Crippen molar-refractivity contribution >= 4 is 33.3 Å². The Bertz CT molecular complexity index is 878. The molecule has 118 valence electrons. The number of nitrogens with one attached hydrogen (secondary N) is 1. The van der Waals surface area contributed by atoms with Gasteiger partial charge in [-0.2, -0.15) is 0 Å². The molecule has 0 saturated heterocycles. The van der Waals surface area contributed by atoms with Gasteiger partial charge in [0.1, 0.15) is 10.8 Å². The van der Waals surface area contributed by atoms with Crippen LogP contribution in [0.5, 0.6) is 0 Å². The van der Waals surface area contributed by atoms with Crippen LogP contribution in [0.2, 0.25) is 0 Å². The minimum Gasteiger partial charge on any atom is -0.296 e. The van der Waals surface area contributed by atoms with Crippen LogP contribution in [0.1, 0.15) is 34.4 Å². The number of amides is 1. The second-order valence-electron chi connectivity index (χ2n) is 5.18. The predicted molar refractivity (Wildman–Crippen MR) is 88.3 cm³/mol. The lowest BCUT2D eigenvalue weighted by Gasteiger charge is -2.07. The second kappa shape index (κ2) is 6.37. The summed E-state index contributed by atoms with van der Waals surface area (Å²) in [5.41, 5.74) is 1.65. The first-order valence-corrected chi connectivity index (χ1v) is 8.09. The van der Waals surface area contributed by atoms with Gasteiger partial charge >= 0.3 is 0 Å². The topological polar surface area (TPSA) is 67.8 Å². The molecule has 7 heteroatoms. The molecule has 0 aliphatic rings. The van der Waals surface area contributed by atoms with E-state index >= 15 is 0 Å². The Morgan fingerprint density at radius 1 is 1.30 bits per heavy atom. The molecule has 23 heavy (non-hydrogen) atoms. The van der Waals surface area contributed by atoms with Crippen molar-refractivity contribution in [2.45, 2.75) is 26.7 Å². The van der Waals surface area contributed by atoms with Gasteiger partial charge in [0.05, 0.1) is 11.1 Å². The van der Waals surface area contributed by atoms with E-state index in [9.17, 15) is 9.18 Å². The Hall–Kier alpha value is -2.41. The minimum absolute atomic E-state index is 0.342. The Morgan fingerprint density at radius 2 is 2.13 bits per heavy atom. The molecule has 0 atom stereocenters. The number of aromatic nitrogens is 3. The van der Waals surface area contributed by atoms with Gasteiger partial charge in [0.2, 0.25) is 5.13 Å². The van der Waals surface area contributed by atoms with Crippen LogP contribution in [0.4, 0.5) is 9.52 Å². The van der Waals surface area contributed by atoms with E-state index in [0.717, 1.165) is 17.8 Å². The number of benzene rings is 1. The molecule has 0 saturated carbocycles. The van der Waals surface area contributed by atoms with Crippen molar-refractivity contribution in [3.63, 3.8) is 0 Å². The van der Waals surface area contributed by atoms with E-state index in [-0.39, 0.29) is 5.91 Å². The molecule has 0 aliphatic heterocycles. The fourth-order valence-corrected chi connectivity index (χ4v) is 3.14. The maximum absolute atomic E-state index is 13.5. The number of aryl methyl sites for hydroxylation is 2. The standard InChI is InChI=1S/C16H15FN4OS/c1-3-4-14-20-21-16(23-14)19-15(22)12-7-9(2)18-13-6-5-10(17)8-11(12)13/h5-8H,3-4H2,1-2H3,(H,19,21,22). The summed E-state index contributed by atoms with van der Waals surface area (Å²) >= 11 is 1.35. The van der Waals surface area contributed by atoms with Crippen LogP contribution < -0.4 is 5.32 Å². The summed E-state index contributed by atoms with van der Waals surface area (Å²) in [4.78, 5) is 16.9. The van der Waals surface area contributed by atoms with Crippen LogP contribution in [0, 0.1) is 12.7 Å². The van der Waals surface area contributed by atoms with Gasteiger partial charge in [-0.05, 0) is 37.6 Å². The van der Waals surface area contributed by atoms with Crippen molar-refractivity contribution in [1.29, 1.82) is 0 Å².